The smallest absolute Gasteiger partial charge is 0.325 e. The van der Waals surface area contributed by atoms with Crippen molar-refractivity contribution >= 4 is 17.8 Å². The Bertz CT molecular complexity index is 649. The van der Waals surface area contributed by atoms with Gasteiger partial charge in [0.2, 0.25) is 5.91 Å². The zero-order valence-corrected chi connectivity index (χ0v) is 14.1. The fourth-order valence-corrected chi connectivity index (χ4v) is 3.47. The summed E-state index contributed by atoms with van der Waals surface area (Å²) in [4.78, 5) is 40.2. The van der Waals surface area contributed by atoms with Crippen LogP contribution in [0.1, 0.15) is 32.3 Å². The van der Waals surface area contributed by atoms with E-state index in [-0.39, 0.29) is 23.9 Å². The molecule has 3 rings (SSSR count). The molecular formula is C18H23N3O3. The minimum absolute atomic E-state index is 0.0635. The zero-order valence-electron chi connectivity index (χ0n) is 14.1. The van der Waals surface area contributed by atoms with Gasteiger partial charge in [-0.3, -0.25) is 14.5 Å². The van der Waals surface area contributed by atoms with Gasteiger partial charge in [0.1, 0.15) is 5.54 Å². The first-order valence-electron chi connectivity index (χ1n) is 8.40. The van der Waals surface area contributed by atoms with Crippen LogP contribution in [0.5, 0.6) is 0 Å². The molecule has 1 spiro atoms. The Balaban J connectivity index is 1.63. The van der Waals surface area contributed by atoms with Gasteiger partial charge >= 0.3 is 6.03 Å². The van der Waals surface area contributed by atoms with Gasteiger partial charge in [-0.15, -0.1) is 0 Å². The molecule has 4 amide bonds. The Morgan fingerprint density at radius 3 is 2.33 bits per heavy atom. The van der Waals surface area contributed by atoms with E-state index in [1.54, 1.807) is 4.90 Å². The SMILES string of the molecule is CC(C)N1C(=O)NC2(CCN(C(=O)Cc3ccccc3)CC2)C1=O. The number of rotatable bonds is 3. The maximum absolute atomic E-state index is 12.6. The number of nitrogens with zero attached hydrogens (tertiary/aromatic N) is 2. The molecule has 6 heteroatoms. The first-order valence-corrected chi connectivity index (χ1v) is 8.40. The second kappa shape index (κ2) is 6.26. The van der Waals surface area contributed by atoms with Gasteiger partial charge in [0, 0.05) is 19.1 Å². The average Bonchev–Trinajstić information content (AvgIpc) is 2.79. The fraction of sp³-hybridized carbons (Fsp3) is 0.500. The number of amides is 4. The summed E-state index contributed by atoms with van der Waals surface area (Å²) in [5.74, 6) is -0.0915. The van der Waals surface area contributed by atoms with Crippen molar-refractivity contribution in [2.75, 3.05) is 13.1 Å². The molecule has 2 aliphatic heterocycles. The van der Waals surface area contributed by atoms with E-state index in [9.17, 15) is 14.4 Å². The summed E-state index contributed by atoms with van der Waals surface area (Å²) in [6.07, 6.45) is 1.31. The van der Waals surface area contributed by atoms with Crippen LogP contribution in [-0.2, 0) is 16.0 Å². The van der Waals surface area contributed by atoms with Crippen molar-refractivity contribution in [1.82, 2.24) is 15.1 Å². The van der Waals surface area contributed by atoms with E-state index in [1.165, 1.54) is 4.90 Å². The number of carbonyl (C=O) groups is 3. The highest BCUT2D eigenvalue weighted by molar-refractivity contribution is 6.07. The lowest BCUT2D eigenvalue weighted by Crippen LogP contribution is -2.56. The molecule has 1 aromatic carbocycles. The molecule has 0 radical (unpaired) electrons. The van der Waals surface area contributed by atoms with Crippen LogP contribution in [0.15, 0.2) is 30.3 Å². The monoisotopic (exact) mass is 329 g/mol. The molecule has 1 aromatic rings. The van der Waals surface area contributed by atoms with Crippen molar-refractivity contribution < 1.29 is 14.4 Å². The molecule has 24 heavy (non-hydrogen) atoms. The topological polar surface area (TPSA) is 69.7 Å². The molecule has 1 N–H and O–H groups in total. The molecule has 2 fully saturated rings. The van der Waals surface area contributed by atoms with Gasteiger partial charge in [-0.05, 0) is 32.3 Å². The molecule has 2 heterocycles. The van der Waals surface area contributed by atoms with E-state index >= 15 is 0 Å². The Hall–Kier alpha value is -2.37. The van der Waals surface area contributed by atoms with Crippen LogP contribution >= 0.6 is 0 Å². The van der Waals surface area contributed by atoms with Crippen LogP contribution in [0.3, 0.4) is 0 Å². The van der Waals surface area contributed by atoms with Crippen molar-refractivity contribution in [2.45, 2.75) is 44.7 Å². The standard InChI is InChI=1S/C18H23N3O3/c1-13(2)21-16(23)18(19-17(21)24)8-10-20(11-9-18)15(22)12-14-6-4-3-5-7-14/h3-7,13H,8-12H2,1-2H3,(H,19,24). The van der Waals surface area contributed by atoms with E-state index in [0.29, 0.717) is 32.4 Å². The van der Waals surface area contributed by atoms with Crippen LogP contribution in [0.25, 0.3) is 0 Å². The quantitative estimate of drug-likeness (QED) is 0.856. The Morgan fingerprint density at radius 1 is 1.17 bits per heavy atom. The fourth-order valence-electron chi connectivity index (χ4n) is 3.47. The molecule has 0 aromatic heterocycles. The number of likely N-dealkylation sites (tertiary alicyclic amines) is 1. The largest absolute Gasteiger partial charge is 0.342 e. The number of benzene rings is 1. The minimum Gasteiger partial charge on any atom is -0.342 e. The highest BCUT2D eigenvalue weighted by Crippen LogP contribution is 2.30. The van der Waals surface area contributed by atoms with Crippen molar-refractivity contribution in [2.24, 2.45) is 0 Å². The molecular weight excluding hydrogens is 306 g/mol. The van der Waals surface area contributed by atoms with Crippen molar-refractivity contribution in [3.63, 3.8) is 0 Å². The summed E-state index contributed by atoms with van der Waals surface area (Å²) >= 11 is 0. The van der Waals surface area contributed by atoms with Crippen molar-refractivity contribution in [3.8, 4) is 0 Å². The zero-order chi connectivity index (χ0) is 17.3. The van der Waals surface area contributed by atoms with Crippen LogP contribution in [0.4, 0.5) is 4.79 Å². The van der Waals surface area contributed by atoms with E-state index in [2.05, 4.69) is 5.32 Å². The van der Waals surface area contributed by atoms with Crippen LogP contribution in [0, 0.1) is 0 Å². The van der Waals surface area contributed by atoms with E-state index in [0.717, 1.165) is 5.56 Å². The Labute approximate surface area is 141 Å². The number of urea groups is 1. The third-order valence-corrected chi connectivity index (χ3v) is 4.88. The summed E-state index contributed by atoms with van der Waals surface area (Å²) in [7, 11) is 0. The third-order valence-electron chi connectivity index (χ3n) is 4.88. The predicted octanol–water partition coefficient (Wildman–Crippen LogP) is 1.55. The lowest BCUT2D eigenvalue weighted by atomic mass is 9.87. The van der Waals surface area contributed by atoms with Gasteiger partial charge in [-0.2, -0.15) is 0 Å². The molecule has 128 valence electrons. The summed E-state index contributed by atoms with van der Waals surface area (Å²) in [5, 5.41) is 2.86. The summed E-state index contributed by atoms with van der Waals surface area (Å²) in [6, 6.07) is 9.15. The number of carbonyl (C=O) groups excluding carboxylic acids is 3. The predicted molar refractivity (Wildman–Crippen MR) is 89.2 cm³/mol. The second-order valence-corrected chi connectivity index (χ2v) is 6.82. The maximum atomic E-state index is 12.6. The van der Waals surface area contributed by atoms with E-state index in [1.807, 2.05) is 44.2 Å². The highest BCUT2D eigenvalue weighted by Gasteiger charge is 2.53. The minimum atomic E-state index is -0.828. The molecule has 0 atom stereocenters. The van der Waals surface area contributed by atoms with Gasteiger partial charge in [0.15, 0.2) is 0 Å². The summed E-state index contributed by atoms with van der Waals surface area (Å²) in [6.45, 7) is 4.64. The first kappa shape index (κ1) is 16.5. The molecule has 0 saturated carbocycles. The van der Waals surface area contributed by atoms with Crippen LogP contribution < -0.4 is 5.32 Å². The Morgan fingerprint density at radius 2 is 1.79 bits per heavy atom. The van der Waals surface area contributed by atoms with Gasteiger partial charge < -0.3 is 10.2 Å². The number of hydrogen-bond acceptors (Lipinski definition) is 3. The third kappa shape index (κ3) is 2.88. The molecule has 0 aliphatic carbocycles. The maximum Gasteiger partial charge on any atom is 0.325 e. The lowest BCUT2D eigenvalue weighted by Gasteiger charge is -2.37. The number of nitrogens with one attached hydrogen (secondary N) is 1. The van der Waals surface area contributed by atoms with Crippen molar-refractivity contribution in [3.05, 3.63) is 35.9 Å². The van der Waals surface area contributed by atoms with Crippen LogP contribution in [-0.4, -0.2) is 52.3 Å². The molecule has 2 aliphatic rings. The van der Waals surface area contributed by atoms with E-state index in [4.69, 9.17) is 0 Å². The second-order valence-electron chi connectivity index (χ2n) is 6.82. The number of hydrogen-bond donors (Lipinski definition) is 1. The number of piperidine rings is 1. The van der Waals surface area contributed by atoms with Crippen molar-refractivity contribution in [1.29, 1.82) is 0 Å². The van der Waals surface area contributed by atoms with Gasteiger partial charge in [0.25, 0.3) is 5.91 Å². The lowest BCUT2D eigenvalue weighted by molar-refractivity contribution is -0.138. The van der Waals surface area contributed by atoms with Crippen LogP contribution in [0.2, 0.25) is 0 Å². The summed E-state index contributed by atoms with van der Waals surface area (Å²) < 4.78 is 0. The summed E-state index contributed by atoms with van der Waals surface area (Å²) in [5.41, 5.74) is 0.157. The molecule has 0 bridgehead atoms. The van der Waals surface area contributed by atoms with Gasteiger partial charge in [-0.1, -0.05) is 30.3 Å². The normalized spacial score (nSPS) is 20.0. The highest BCUT2D eigenvalue weighted by atomic mass is 16.2. The Kier molecular flexibility index (Phi) is 4.30. The van der Waals surface area contributed by atoms with Gasteiger partial charge in [-0.25, -0.2) is 4.79 Å². The van der Waals surface area contributed by atoms with Gasteiger partial charge in [0.05, 0.1) is 6.42 Å². The average molecular weight is 329 g/mol. The van der Waals surface area contributed by atoms with E-state index < -0.39 is 5.54 Å². The molecule has 2 saturated heterocycles. The molecule has 0 unspecified atom stereocenters. The first-order chi connectivity index (χ1) is 11.4. The molecule has 6 nitrogen and oxygen atoms in total. The number of imide groups is 1.